The van der Waals surface area contributed by atoms with Crippen LogP contribution in [0.1, 0.15) is 21.7 Å². The molecule has 0 bridgehead atoms. The average Bonchev–Trinajstić information content (AvgIpc) is 2.88. The number of rotatable bonds is 7. The number of anilines is 1. The van der Waals surface area contributed by atoms with Crippen LogP contribution in [0, 0.1) is 13.8 Å². The number of fused-ring (bicyclic) bond motifs is 1. The van der Waals surface area contributed by atoms with Crippen LogP contribution in [0.4, 0.5) is 5.69 Å². The molecule has 1 N–H and O–H groups in total. The predicted octanol–water partition coefficient (Wildman–Crippen LogP) is 4.02. The minimum absolute atomic E-state index is 0.0268. The molecule has 0 aliphatic rings. The van der Waals surface area contributed by atoms with Gasteiger partial charge in [-0.2, -0.15) is 0 Å². The highest BCUT2D eigenvalue weighted by Gasteiger charge is 2.22. The third-order valence-electron chi connectivity index (χ3n) is 5.92. The summed E-state index contributed by atoms with van der Waals surface area (Å²) in [6, 6.07) is 10.2. The van der Waals surface area contributed by atoms with Gasteiger partial charge in [-0.25, -0.2) is 4.98 Å². The number of nitrogens with one attached hydrogen (secondary N) is 1. The average molecular weight is 491 g/mol. The first-order chi connectivity index (χ1) is 17.3. The third kappa shape index (κ3) is 4.40. The molecule has 1 aromatic carbocycles. The number of amides is 1. The number of carbonyl (C=O) groups excluding carboxylic acids is 1. The fourth-order valence-electron chi connectivity index (χ4n) is 3.84. The number of carbonyl (C=O) groups is 1. The molecule has 3 aromatic heterocycles. The van der Waals surface area contributed by atoms with Crippen LogP contribution in [0.25, 0.3) is 11.0 Å². The fourth-order valence-corrected chi connectivity index (χ4v) is 3.84. The molecule has 0 aliphatic carbocycles. The highest BCUT2D eigenvalue weighted by Crippen LogP contribution is 2.34. The van der Waals surface area contributed by atoms with Crippen LogP contribution in [0.5, 0.6) is 28.9 Å². The SMILES string of the molecule is COc1cc2nccc(Oc3ccc(NC(=O)c4c(C)n(C)c(C)c(OC)c4=O)cc3)c2nc1OC. The Balaban J connectivity index is 1.58. The Kier molecular flexibility index (Phi) is 6.77. The van der Waals surface area contributed by atoms with Gasteiger partial charge in [-0.3, -0.25) is 14.6 Å². The Bertz CT molecular complexity index is 1510. The van der Waals surface area contributed by atoms with Crippen molar-refractivity contribution in [3.05, 3.63) is 69.8 Å². The largest absolute Gasteiger partial charge is 0.491 e. The van der Waals surface area contributed by atoms with E-state index in [1.165, 1.54) is 21.3 Å². The van der Waals surface area contributed by atoms with E-state index in [1.807, 2.05) is 0 Å². The van der Waals surface area contributed by atoms with E-state index in [0.29, 0.717) is 51.2 Å². The smallest absolute Gasteiger partial charge is 0.261 e. The van der Waals surface area contributed by atoms with E-state index in [1.54, 1.807) is 68.1 Å². The summed E-state index contributed by atoms with van der Waals surface area (Å²) in [5.41, 5.74) is 2.35. The molecular formula is C26H26N4O6. The topological polar surface area (TPSA) is 114 Å². The van der Waals surface area contributed by atoms with E-state index in [2.05, 4.69) is 15.3 Å². The first-order valence-corrected chi connectivity index (χ1v) is 11.0. The molecule has 36 heavy (non-hydrogen) atoms. The molecule has 3 heterocycles. The van der Waals surface area contributed by atoms with Gasteiger partial charge in [-0.05, 0) is 38.1 Å². The van der Waals surface area contributed by atoms with Crippen LogP contribution in [0.15, 0.2) is 47.4 Å². The van der Waals surface area contributed by atoms with Crippen LogP contribution in [-0.4, -0.2) is 41.8 Å². The maximum atomic E-state index is 13.0. The maximum absolute atomic E-state index is 13.0. The lowest BCUT2D eigenvalue weighted by Crippen LogP contribution is -2.27. The molecular weight excluding hydrogens is 464 g/mol. The van der Waals surface area contributed by atoms with E-state index < -0.39 is 11.3 Å². The van der Waals surface area contributed by atoms with E-state index >= 15 is 0 Å². The molecule has 10 heteroatoms. The van der Waals surface area contributed by atoms with Crippen molar-refractivity contribution in [2.45, 2.75) is 13.8 Å². The zero-order chi connectivity index (χ0) is 26.0. The van der Waals surface area contributed by atoms with Crippen molar-refractivity contribution in [1.29, 1.82) is 0 Å². The molecule has 0 radical (unpaired) electrons. The predicted molar refractivity (Wildman–Crippen MR) is 135 cm³/mol. The summed E-state index contributed by atoms with van der Waals surface area (Å²) in [4.78, 5) is 34.6. The van der Waals surface area contributed by atoms with Gasteiger partial charge < -0.3 is 28.8 Å². The van der Waals surface area contributed by atoms with E-state index in [-0.39, 0.29) is 11.3 Å². The molecule has 4 aromatic rings. The van der Waals surface area contributed by atoms with Crippen molar-refractivity contribution >= 4 is 22.6 Å². The molecule has 4 rings (SSSR count). The number of hydrogen-bond donors (Lipinski definition) is 1. The second-order valence-electron chi connectivity index (χ2n) is 7.92. The van der Waals surface area contributed by atoms with Crippen molar-refractivity contribution in [2.75, 3.05) is 26.6 Å². The monoisotopic (exact) mass is 490 g/mol. The fraction of sp³-hybridized carbons (Fsp3) is 0.231. The van der Waals surface area contributed by atoms with Crippen molar-refractivity contribution in [1.82, 2.24) is 14.5 Å². The van der Waals surface area contributed by atoms with Gasteiger partial charge in [0.25, 0.3) is 11.8 Å². The van der Waals surface area contributed by atoms with Gasteiger partial charge in [0, 0.05) is 36.8 Å². The minimum atomic E-state index is -0.523. The Morgan fingerprint density at radius 3 is 2.31 bits per heavy atom. The second kappa shape index (κ2) is 9.95. The zero-order valence-corrected chi connectivity index (χ0v) is 20.8. The van der Waals surface area contributed by atoms with Crippen molar-refractivity contribution in [3.8, 4) is 28.9 Å². The quantitative estimate of drug-likeness (QED) is 0.413. The summed E-state index contributed by atoms with van der Waals surface area (Å²) in [6.45, 7) is 3.49. The molecule has 186 valence electrons. The lowest BCUT2D eigenvalue weighted by Gasteiger charge is -2.16. The van der Waals surface area contributed by atoms with Crippen LogP contribution in [0.3, 0.4) is 0 Å². The van der Waals surface area contributed by atoms with Crippen LogP contribution in [-0.2, 0) is 7.05 Å². The summed E-state index contributed by atoms with van der Waals surface area (Å²) in [5.74, 6) is 1.39. The first-order valence-electron chi connectivity index (χ1n) is 11.0. The Hall–Kier alpha value is -4.60. The molecule has 0 saturated carbocycles. The number of nitrogens with zero attached hydrogens (tertiary/aromatic N) is 3. The molecule has 0 saturated heterocycles. The lowest BCUT2D eigenvalue weighted by molar-refractivity contribution is 0.102. The number of benzene rings is 1. The number of hydrogen-bond acceptors (Lipinski definition) is 8. The highest BCUT2D eigenvalue weighted by atomic mass is 16.5. The van der Waals surface area contributed by atoms with Crippen LogP contribution in [0.2, 0.25) is 0 Å². The number of methoxy groups -OCH3 is 3. The summed E-state index contributed by atoms with van der Waals surface area (Å²) in [7, 11) is 6.22. The summed E-state index contributed by atoms with van der Waals surface area (Å²) >= 11 is 0. The van der Waals surface area contributed by atoms with Gasteiger partial charge in [0.15, 0.2) is 17.2 Å². The van der Waals surface area contributed by atoms with E-state index in [9.17, 15) is 9.59 Å². The lowest BCUT2D eigenvalue weighted by atomic mass is 10.1. The van der Waals surface area contributed by atoms with Gasteiger partial charge in [0.2, 0.25) is 5.43 Å². The second-order valence-corrected chi connectivity index (χ2v) is 7.92. The molecule has 0 aliphatic heterocycles. The third-order valence-corrected chi connectivity index (χ3v) is 5.92. The normalized spacial score (nSPS) is 10.7. The zero-order valence-electron chi connectivity index (χ0n) is 20.8. The van der Waals surface area contributed by atoms with Crippen LogP contribution < -0.4 is 29.7 Å². The molecule has 10 nitrogen and oxygen atoms in total. The molecule has 1 amide bonds. The minimum Gasteiger partial charge on any atom is -0.491 e. The Morgan fingerprint density at radius 2 is 1.67 bits per heavy atom. The van der Waals surface area contributed by atoms with Crippen molar-refractivity contribution in [3.63, 3.8) is 0 Å². The van der Waals surface area contributed by atoms with Gasteiger partial charge in [-0.1, -0.05) is 0 Å². The number of pyridine rings is 3. The summed E-state index contributed by atoms with van der Waals surface area (Å²) in [6.07, 6.45) is 1.61. The van der Waals surface area contributed by atoms with Crippen LogP contribution >= 0.6 is 0 Å². The van der Waals surface area contributed by atoms with Gasteiger partial charge in [0.1, 0.15) is 16.8 Å². The maximum Gasteiger partial charge on any atom is 0.261 e. The highest BCUT2D eigenvalue weighted by molar-refractivity contribution is 6.05. The first kappa shape index (κ1) is 24.5. The Labute approximate surface area is 207 Å². The number of aromatic nitrogens is 3. The van der Waals surface area contributed by atoms with Gasteiger partial charge in [-0.15, -0.1) is 0 Å². The number of ether oxygens (including phenoxy) is 4. The summed E-state index contributed by atoms with van der Waals surface area (Å²) in [5, 5.41) is 2.77. The van der Waals surface area contributed by atoms with Gasteiger partial charge in [0.05, 0.1) is 32.5 Å². The van der Waals surface area contributed by atoms with Crippen molar-refractivity contribution in [2.24, 2.45) is 7.05 Å². The molecule has 0 atom stereocenters. The molecule has 0 fully saturated rings. The Morgan fingerprint density at radius 1 is 0.944 bits per heavy atom. The van der Waals surface area contributed by atoms with E-state index in [0.717, 1.165) is 0 Å². The standard InChI is InChI=1S/C26H26N4O6/c1-14-21(23(31)24(34-5)15(2)30(14)3)25(32)28-16-7-9-17(10-8-16)36-19-11-12-27-18-13-20(33-4)26(35-6)29-22(18)19/h7-13H,1-6H3,(H,28,32). The molecule has 0 unspecified atom stereocenters. The van der Waals surface area contributed by atoms with E-state index in [4.69, 9.17) is 18.9 Å². The van der Waals surface area contributed by atoms with Gasteiger partial charge >= 0.3 is 0 Å². The summed E-state index contributed by atoms with van der Waals surface area (Å²) < 4.78 is 23.6. The van der Waals surface area contributed by atoms with Crippen molar-refractivity contribution < 1.29 is 23.7 Å². The molecule has 0 spiro atoms.